The summed E-state index contributed by atoms with van der Waals surface area (Å²) in [6.45, 7) is 3.63. The van der Waals surface area contributed by atoms with Gasteiger partial charge < -0.3 is 18.9 Å². The van der Waals surface area contributed by atoms with Crippen molar-refractivity contribution in [3.63, 3.8) is 0 Å². The van der Waals surface area contributed by atoms with E-state index < -0.39 is 29.4 Å². The second kappa shape index (κ2) is 4.17. The molecule has 6 nitrogen and oxygen atoms in total. The first-order chi connectivity index (χ1) is 8.85. The van der Waals surface area contributed by atoms with E-state index in [0.717, 1.165) is 0 Å². The number of hydrogen-bond donors (Lipinski definition) is 0. The van der Waals surface area contributed by atoms with Crippen molar-refractivity contribution in [2.24, 2.45) is 0 Å². The Morgan fingerprint density at radius 2 is 2.05 bits per heavy atom. The van der Waals surface area contributed by atoms with E-state index in [9.17, 15) is 9.59 Å². The molecule has 2 heterocycles. The maximum absolute atomic E-state index is 12.0. The Morgan fingerprint density at radius 3 is 2.74 bits per heavy atom. The highest BCUT2D eigenvalue weighted by Crippen LogP contribution is 2.48. The van der Waals surface area contributed by atoms with Crippen LogP contribution in [0.3, 0.4) is 0 Å². The third-order valence-corrected chi connectivity index (χ3v) is 4.16. The number of rotatable bonds is 2. The molecule has 0 aromatic carbocycles. The van der Waals surface area contributed by atoms with E-state index in [4.69, 9.17) is 18.9 Å². The van der Waals surface area contributed by atoms with Gasteiger partial charge in [-0.3, -0.25) is 4.79 Å². The molecule has 2 aliphatic heterocycles. The highest BCUT2D eigenvalue weighted by molar-refractivity contribution is 9.09. The fourth-order valence-electron chi connectivity index (χ4n) is 3.08. The molecule has 4 atom stereocenters. The molecule has 3 fully saturated rings. The molecular formula is C12H15BrO6. The van der Waals surface area contributed by atoms with Crippen LogP contribution < -0.4 is 0 Å². The van der Waals surface area contributed by atoms with E-state index in [1.165, 1.54) is 0 Å². The number of carbonyl (C=O) groups is 2. The Labute approximate surface area is 118 Å². The van der Waals surface area contributed by atoms with Gasteiger partial charge in [0.15, 0.2) is 5.79 Å². The summed E-state index contributed by atoms with van der Waals surface area (Å²) in [5, 5.41) is 0.0453. The van der Waals surface area contributed by atoms with E-state index in [1.807, 2.05) is 13.8 Å². The monoisotopic (exact) mass is 334 g/mol. The van der Waals surface area contributed by atoms with Gasteiger partial charge in [0.2, 0.25) is 5.60 Å². The number of esters is 2. The molecule has 106 valence electrons. The average molecular weight is 335 g/mol. The van der Waals surface area contributed by atoms with Crippen LogP contribution in [0.25, 0.3) is 0 Å². The quantitative estimate of drug-likeness (QED) is 0.552. The fourth-order valence-corrected chi connectivity index (χ4v) is 3.19. The molecule has 0 spiro atoms. The molecule has 3 rings (SSSR count). The maximum Gasteiger partial charge on any atom is 0.351 e. The van der Waals surface area contributed by atoms with Crippen LogP contribution in [0.2, 0.25) is 0 Å². The SMILES string of the molecule is CC1(C)O[C@H]2[C@H]3C[C@@](OC(=O)CBr)(C[C@H]2O1)C(=O)O3. The highest BCUT2D eigenvalue weighted by atomic mass is 79.9. The van der Waals surface area contributed by atoms with Crippen LogP contribution in [-0.4, -0.2) is 47.0 Å². The van der Waals surface area contributed by atoms with Crippen LogP contribution in [-0.2, 0) is 28.5 Å². The van der Waals surface area contributed by atoms with Gasteiger partial charge >= 0.3 is 11.9 Å². The van der Waals surface area contributed by atoms with Gasteiger partial charge in [0.25, 0.3) is 0 Å². The lowest BCUT2D eigenvalue weighted by atomic mass is 9.82. The summed E-state index contributed by atoms with van der Waals surface area (Å²) in [5.74, 6) is -1.67. The van der Waals surface area contributed by atoms with Crippen LogP contribution in [0, 0.1) is 0 Å². The van der Waals surface area contributed by atoms with Gasteiger partial charge in [0.05, 0.1) is 6.10 Å². The molecule has 0 aromatic rings. The maximum atomic E-state index is 12.0. The molecule has 0 unspecified atom stereocenters. The van der Waals surface area contributed by atoms with E-state index in [2.05, 4.69) is 15.9 Å². The molecule has 2 saturated heterocycles. The summed E-state index contributed by atoms with van der Waals surface area (Å²) in [6, 6.07) is 0. The minimum Gasteiger partial charge on any atom is -0.456 e. The molecule has 0 aromatic heterocycles. The van der Waals surface area contributed by atoms with Gasteiger partial charge in [-0.15, -0.1) is 0 Å². The predicted molar refractivity (Wildman–Crippen MR) is 65.6 cm³/mol. The fraction of sp³-hybridized carbons (Fsp3) is 0.833. The minimum atomic E-state index is -1.21. The number of hydrogen-bond acceptors (Lipinski definition) is 6. The van der Waals surface area contributed by atoms with Crippen LogP contribution in [0.15, 0.2) is 0 Å². The van der Waals surface area contributed by atoms with Gasteiger partial charge in [0.1, 0.15) is 17.5 Å². The second-order valence-electron chi connectivity index (χ2n) is 5.59. The number of fused-ring (bicyclic) bond motifs is 4. The van der Waals surface area contributed by atoms with E-state index in [-0.39, 0.29) is 24.0 Å². The van der Waals surface area contributed by atoms with Crippen molar-refractivity contribution < 1.29 is 28.5 Å². The first kappa shape index (κ1) is 13.3. The molecule has 1 saturated carbocycles. The van der Waals surface area contributed by atoms with Gasteiger partial charge in [-0.1, -0.05) is 15.9 Å². The third-order valence-electron chi connectivity index (χ3n) is 3.70. The summed E-state index contributed by atoms with van der Waals surface area (Å²) in [7, 11) is 0. The zero-order valence-electron chi connectivity index (χ0n) is 10.7. The van der Waals surface area contributed by atoms with Crippen LogP contribution in [0.4, 0.5) is 0 Å². The average Bonchev–Trinajstić information content (AvgIpc) is 2.75. The summed E-state index contributed by atoms with van der Waals surface area (Å²) < 4.78 is 22.1. The summed E-state index contributed by atoms with van der Waals surface area (Å²) >= 11 is 3.02. The van der Waals surface area contributed by atoms with Crippen LogP contribution in [0.5, 0.6) is 0 Å². The van der Waals surface area contributed by atoms with E-state index in [0.29, 0.717) is 6.42 Å². The molecule has 7 heteroatoms. The number of carbonyl (C=O) groups excluding carboxylic acids is 2. The molecule has 2 bridgehead atoms. The van der Waals surface area contributed by atoms with Gasteiger partial charge in [-0.2, -0.15) is 0 Å². The Bertz CT molecular complexity index is 436. The first-order valence-corrected chi connectivity index (χ1v) is 7.32. The van der Waals surface area contributed by atoms with Crippen molar-refractivity contribution in [2.45, 2.75) is 56.4 Å². The largest absolute Gasteiger partial charge is 0.456 e. The zero-order chi connectivity index (χ0) is 13.8. The highest BCUT2D eigenvalue weighted by Gasteiger charge is 2.65. The number of alkyl halides is 1. The topological polar surface area (TPSA) is 71.1 Å². The second-order valence-corrected chi connectivity index (χ2v) is 6.15. The number of halogens is 1. The molecular weight excluding hydrogens is 320 g/mol. The Kier molecular flexibility index (Phi) is 2.92. The molecule has 19 heavy (non-hydrogen) atoms. The van der Waals surface area contributed by atoms with Crippen molar-refractivity contribution in [3.8, 4) is 0 Å². The summed E-state index contributed by atoms with van der Waals surface area (Å²) in [6.07, 6.45) is -0.350. The van der Waals surface area contributed by atoms with Crippen molar-refractivity contribution in [3.05, 3.63) is 0 Å². The molecule has 0 N–H and O–H groups in total. The Morgan fingerprint density at radius 1 is 1.37 bits per heavy atom. The Balaban J connectivity index is 1.84. The van der Waals surface area contributed by atoms with E-state index in [1.54, 1.807) is 0 Å². The van der Waals surface area contributed by atoms with Gasteiger partial charge in [-0.25, -0.2) is 4.79 Å². The lowest BCUT2D eigenvalue weighted by Crippen LogP contribution is -2.49. The van der Waals surface area contributed by atoms with Crippen molar-refractivity contribution in [1.82, 2.24) is 0 Å². The lowest BCUT2D eigenvalue weighted by molar-refractivity contribution is -0.180. The van der Waals surface area contributed by atoms with E-state index >= 15 is 0 Å². The standard InChI is InChI=1S/C12H15BrO6/c1-11(2)17-7-4-12(18-8(14)5-13)3-6(9(7)19-11)16-10(12)15/h6-7,9H,3-5H2,1-2H3/t6-,7-,9+,12-/m1/s1. The van der Waals surface area contributed by atoms with Crippen molar-refractivity contribution in [2.75, 3.05) is 5.33 Å². The molecule has 0 amide bonds. The lowest BCUT2D eigenvalue weighted by Gasteiger charge is -2.32. The van der Waals surface area contributed by atoms with Gasteiger partial charge in [-0.05, 0) is 13.8 Å². The third kappa shape index (κ3) is 2.08. The van der Waals surface area contributed by atoms with Crippen molar-refractivity contribution in [1.29, 1.82) is 0 Å². The Hall–Kier alpha value is -0.660. The van der Waals surface area contributed by atoms with Gasteiger partial charge in [0, 0.05) is 12.8 Å². The molecule has 0 radical (unpaired) electrons. The smallest absolute Gasteiger partial charge is 0.351 e. The molecule has 1 aliphatic carbocycles. The van der Waals surface area contributed by atoms with Crippen LogP contribution >= 0.6 is 15.9 Å². The normalized spacial score (nSPS) is 42.7. The first-order valence-electron chi connectivity index (χ1n) is 6.20. The van der Waals surface area contributed by atoms with Crippen LogP contribution in [0.1, 0.15) is 26.7 Å². The number of ether oxygens (including phenoxy) is 4. The zero-order valence-corrected chi connectivity index (χ0v) is 12.3. The molecule has 3 aliphatic rings. The summed E-state index contributed by atoms with van der Waals surface area (Å²) in [5.41, 5.74) is -1.21. The summed E-state index contributed by atoms with van der Waals surface area (Å²) in [4.78, 5) is 23.5. The predicted octanol–water partition coefficient (Wildman–Crippen LogP) is 0.903. The minimum absolute atomic E-state index is 0.0453. The van der Waals surface area contributed by atoms with Crippen molar-refractivity contribution >= 4 is 27.9 Å².